The molecule has 0 bridgehead atoms. The monoisotopic (exact) mass is 313 g/mol. The van der Waals surface area contributed by atoms with E-state index < -0.39 is 0 Å². The van der Waals surface area contributed by atoms with Gasteiger partial charge < -0.3 is 14.8 Å². The van der Waals surface area contributed by atoms with E-state index in [1.807, 2.05) is 56.3 Å². The van der Waals surface area contributed by atoms with Gasteiger partial charge in [-0.2, -0.15) is 0 Å². The normalized spacial score (nSPS) is 10.2. The number of carbonyl (C=O) groups is 1. The highest BCUT2D eigenvalue weighted by Crippen LogP contribution is 2.27. The van der Waals surface area contributed by atoms with Gasteiger partial charge in [-0.15, -0.1) is 0 Å². The first kappa shape index (κ1) is 16.9. The Kier molecular flexibility index (Phi) is 6.03. The average molecular weight is 313 g/mol. The van der Waals surface area contributed by atoms with Gasteiger partial charge in [0, 0.05) is 6.54 Å². The van der Waals surface area contributed by atoms with Crippen molar-refractivity contribution >= 4 is 5.91 Å². The van der Waals surface area contributed by atoms with E-state index in [9.17, 15) is 4.79 Å². The van der Waals surface area contributed by atoms with Gasteiger partial charge in [0.2, 0.25) is 5.91 Å². The fourth-order valence-electron chi connectivity index (χ4n) is 2.25. The standard InChI is InChI=1S/C19H23NO3/c1-4-23-17-10-9-16(11-18(17)22-3)13-20-19(21)12-15-7-5-14(2)6-8-15/h5-11H,4,12-13H2,1-3H3,(H,20,21). The number of ether oxygens (including phenoxy) is 2. The van der Waals surface area contributed by atoms with Crippen molar-refractivity contribution in [3.05, 3.63) is 59.2 Å². The molecule has 2 aromatic rings. The Morgan fingerprint density at radius 3 is 2.39 bits per heavy atom. The predicted octanol–water partition coefficient (Wildman–Crippen LogP) is 3.26. The van der Waals surface area contributed by atoms with E-state index in [-0.39, 0.29) is 5.91 Å². The van der Waals surface area contributed by atoms with Gasteiger partial charge in [-0.25, -0.2) is 0 Å². The lowest BCUT2D eigenvalue weighted by Crippen LogP contribution is -2.24. The Bertz CT molecular complexity index is 650. The van der Waals surface area contributed by atoms with Gasteiger partial charge in [-0.05, 0) is 37.1 Å². The molecule has 0 aromatic heterocycles. The minimum atomic E-state index is 0.00158. The second-order valence-electron chi connectivity index (χ2n) is 5.36. The second-order valence-corrected chi connectivity index (χ2v) is 5.36. The summed E-state index contributed by atoms with van der Waals surface area (Å²) in [5.41, 5.74) is 3.18. The quantitative estimate of drug-likeness (QED) is 0.853. The van der Waals surface area contributed by atoms with Crippen LogP contribution in [0.3, 0.4) is 0 Å². The van der Waals surface area contributed by atoms with E-state index in [4.69, 9.17) is 9.47 Å². The summed E-state index contributed by atoms with van der Waals surface area (Å²) in [5, 5.41) is 2.93. The topological polar surface area (TPSA) is 47.6 Å². The number of rotatable bonds is 7. The van der Waals surface area contributed by atoms with Crippen LogP contribution in [0.4, 0.5) is 0 Å². The van der Waals surface area contributed by atoms with Crippen molar-refractivity contribution in [3.8, 4) is 11.5 Å². The van der Waals surface area contributed by atoms with Crippen LogP contribution >= 0.6 is 0 Å². The third-order valence-corrected chi connectivity index (χ3v) is 3.50. The second kappa shape index (κ2) is 8.22. The zero-order chi connectivity index (χ0) is 16.7. The summed E-state index contributed by atoms with van der Waals surface area (Å²) in [6.07, 6.45) is 0.383. The molecule has 2 aromatic carbocycles. The van der Waals surface area contributed by atoms with Crippen LogP contribution < -0.4 is 14.8 Å². The Labute approximate surface area is 137 Å². The zero-order valence-electron chi connectivity index (χ0n) is 13.9. The average Bonchev–Trinajstić information content (AvgIpc) is 2.56. The fraction of sp³-hybridized carbons (Fsp3) is 0.316. The van der Waals surface area contributed by atoms with Crippen LogP contribution in [0.2, 0.25) is 0 Å². The maximum atomic E-state index is 12.0. The molecule has 122 valence electrons. The fourth-order valence-corrected chi connectivity index (χ4v) is 2.25. The molecule has 4 heteroatoms. The van der Waals surface area contributed by atoms with Crippen LogP contribution in [-0.4, -0.2) is 19.6 Å². The van der Waals surface area contributed by atoms with Crippen molar-refractivity contribution < 1.29 is 14.3 Å². The molecule has 23 heavy (non-hydrogen) atoms. The molecule has 0 radical (unpaired) electrons. The molecule has 0 aliphatic heterocycles. The minimum absolute atomic E-state index is 0.00158. The maximum Gasteiger partial charge on any atom is 0.224 e. The molecule has 1 N–H and O–H groups in total. The van der Waals surface area contributed by atoms with Gasteiger partial charge in [0.05, 0.1) is 20.1 Å². The van der Waals surface area contributed by atoms with Gasteiger partial charge in [-0.1, -0.05) is 35.9 Å². The molecule has 0 saturated carbocycles. The molecule has 0 fully saturated rings. The van der Waals surface area contributed by atoms with Crippen molar-refractivity contribution in [3.63, 3.8) is 0 Å². The molecule has 0 spiro atoms. The molecule has 4 nitrogen and oxygen atoms in total. The van der Waals surface area contributed by atoms with Gasteiger partial charge in [0.1, 0.15) is 0 Å². The Hall–Kier alpha value is -2.49. The van der Waals surface area contributed by atoms with E-state index >= 15 is 0 Å². The Morgan fingerprint density at radius 2 is 1.74 bits per heavy atom. The molecule has 2 rings (SSSR count). The molecule has 0 aliphatic carbocycles. The maximum absolute atomic E-state index is 12.0. The molecular weight excluding hydrogens is 290 g/mol. The summed E-state index contributed by atoms with van der Waals surface area (Å²) in [6, 6.07) is 13.7. The van der Waals surface area contributed by atoms with Gasteiger partial charge in [0.15, 0.2) is 11.5 Å². The first-order valence-electron chi connectivity index (χ1n) is 7.74. The number of benzene rings is 2. The largest absolute Gasteiger partial charge is 0.493 e. The summed E-state index contributed by atoms with van der Waals surface area (Å²) in [4.78, 5) is 12.0. The molecular formula is C19H23NO3. The van der Waals surface area contributed by atoms with Crippen LogP contribution in [0.25, 0.3) is 0 Å². The van der Waals surface area contributed by atoms with Crippen LogP contribution in [0, 0.1) is 6.92 Å². The first-order chi connectivity index (χ1) is 11.1. The number of amides is 1. The summed E-state index contributed by atoms with van der Waals surface area (Å²) in [7, 11) is 1.61. The minimum Gasteiger partial charge on any atom is -0.493 e. The van der Waals surface area contributed by atoms with Crippen LogP contribution in [0.1, 0.15) is 23.6 Å². The SMILES string of the molecule is CCOc1ccc(CNC(=O)Cc2ccc(C)cc2)cc1OC. The number of hydrogen-bond acceptors (Lipinski definition) is 3. The molecule has 0 heterocycles. The molecule has 0 aliphatic rings. The summed E-state index contributed by atoms with van der Waals surface area (Å²) >= 11 is 0. The number of nitrogens with one attached hydrogen (secondary N) is 1. The van der Waals surface area contributed by atoms with Crippen molar-refractivity contribution in [1.82, 2.24) is 5.32 Å². The van der Waals surface area contributed by atoms with Crippen LogP contribution in [-0.2, 0) is 17.8 Å². The van der Waals surface area contributed by atoms with Crippen molar-refractivity contribution in [2.75, 3.05) is 13.7 Å². The Morgan fingerprint density at radius 1 is 1.04 bits per heavy atom. The van der Waals surface area contributed by atoms with Crippen molar-refractivity contribution in [2.24, 2.45) is 0 Å². The third kappa shape index (κ3) is 5.02. The van der Waals surface area contributed by atoms with Crippen LogP contribution in [0.15, 0.2) is 42.5 Å². The molecule has 0 atom stereocenters. The highest BCUT2D eigenvalue weighted by atomic mass is 16.5. The first-order valence-corrected chi connectivity index (χ1v) is 7.74. The number of carbonyl (C=O) groups excluding carboxylic acids is 1. The van der Waals surface area contributed by atoms with Gasteiger partial charge in [0.25, 0.3) is 0 Å². The van der Waals surface area contributed by atoms with Crippen molar-refractivity contribution in [2.45, 2.75) is 26.8 Å². The lowest BCUT2D eigenvalue weighted by atomic mass is 10.1. The van der Waals surface area contributed by atoms with E-state index in [1.54, 1.807) is 7.11 Å². The van der Waals surface area contributed by atoms with Crippen molar-refractivity contribution in [1.29, 1.82) is 0 Å². The van der Waals surface area contributed by atoms with Gasteiger partial charge in [-0.3, -0.25) is 4.79 Å². The highest BCUT2D eigenvalue weighted by molar-refractivity contribution is 5.78. The highest BCUT2D eigenvalue weighted by Gasteiger charge is 2.07. The van der Waals surface area contributed by atoms with E-state index in [0.29, 0.717) is 31.1 Å². The summed E-state index contributed by atoms with van der Waals surface area (Å²) < 4.78 is 10.8. The lowest BCUT2D eigenvalue weighted by Gasteiger charge is -2.11. The number of aryl methyl sites for hydroxylation is 1. The summed E-state index contributed by atoms with van der Waals surface area (Å²) in [5.74, 6) is 1.39. The van der Waals surface area contributed by atoms with Gasteiger partial charge >= 0.3 is 0 Å². The third-order valence-electron chi connectivity index (χ3n) is 3.50. The smallest absolute Gasteiger partial charge is 0.224 e. The molecule has 0 unspecified atom stereocenters. The summed E-state index contributed by atoms with van der Waals surface area (Å²) in [6.45, 7) is 5.01. The van der Waals surface area contributed by atoms with Crippen LogP contribution in [0.5, 0.6) is 11.5 Å². The number of methoxy groups -OCH3 is 1. The van der Waals surface area contributed by atoms with E-state index in [1.165, 1.54) is 5.56 Å². The number of hydrogen-bond donors (Lipinski definition) is 1. The zero-order valence-corrected chi connectivity index (χ0v) is 13.9. The Balaban J connectivity index is 1.92. The molecule has 0 saturated heterocycles. The van der Waals surface area contributed by atoms with E-state index in [2.05, 4.69) is 5.32 Å². The lowest BCUT2D eigenvalue weighted by molar-refractivity contribution is -0.120. The predicted molar refractivity (Wildman–Crippen MR) is 90.9 cm³/mol. The van der Waals surface area contributed by atoms with E-state index in [0.717, 1.165) is 11.1 Å². The molecule has 1 amide bonds.